The number of carbonyl (C=O) groups is 2. The van der Waals surface area contributed by atoms with Gasteiger partial charge in [0, 0.05) is 33.0 Å². The van der Waals surface area contributed by atoms with E-state index in [1.807, 2.05) is 44.2 Å². The number of aliphatic hydroxyl groups excluding tert-OH is 2. The van der Waals surface area contributed by atoms with Gasteiger partial charge in [0.05, 0.1) is 23.8 Å². The Morgan fingerprint density at radius 3 is 2.17 bits per heavy atom. The first-order valence-corrected chi connectivity index (χ1v) is 18.1. The third-order valence-corrected chi connectivity index (χ3v) is 10.9. The lowest BCUT2D eigenvalue weighted by Crippen LogP contribution is -2.56. The van der Waals surface area contributed by atoms with E-state index in [0.717, 1.165) is 50.8 Å². The average Bonchev–Trinajstić information content (AvgIpc) is 3.04. The van der Waals surface area contributed by atoms with Crippen molar-refractivity contribution in [2.75, 3.05) is 39.0 Å². The van der Waals surface area contributed by atoms with Gasteiger partial charge in [-0.25, -0.2) is 12.7 Å². The number of hydrogen-bond donors (Lipinski definition) is 4. The fraction of sp³-hybridized carbons (Fsp3) is 0.657. The second kappa shape index (κ2) is 20.3. The van der Waals surface area contributed by atoms with Crippen molar-refractivity contribution in [3.8, 4) is 24.7 Å². The minimum absolute atomic E-state index is 0.0816. The molecular formula is C35H54N4O6S. The van der Waals surface area contributed by atoms with Gasteiger partial charge in [0.1, 0.15) is 12.1 Å². The highest BCUT2D eigenvalue weighted by Gasteiger charge is 2.34. The van der Waals surface area contributed by atoms with Crippen LogP contribution in [0.25, 0.3) is 0 Å². The van der Waals surface area contributed by atoms with E-state index < -0.39 is 57.8 Å². The zero-order chi connectivity index (χ0) is 34.1. The summed E-state index contributed by atoms with van der Waals surface area (Å²) < 4.78 is 28.2. The van der Waals surface area contributed by atoms with Gasteiger partial charge in [-0.15, -0.1) is 24.7 Å². The van der Waals surface area contributed by atoms with E-state index in [9.17, 15) is 28.2 Å². The molecule has 256 valence electrons. The zero-order valence-corrected chi connectivity index (χ0v) is 28.6. The zero-order valence-electron chi connectivity index (χ0n) is 27.7. The molecule has 0 heterocycles. The van der Waals surface area contributed by atoms with Crippen molar-refractivity contribution in [3.05, 3.63) is 35.9 Å². The van der Waals surface area contributed by atoms with Crippen LogP contribution < -0.4 is 10.6 Å². The maximum atomic E-state index is 13.8. The van der Waals surface area contributed by atoms with E-state index in [-0.39, 0.29) is 31.7 Å². The number of aliphatic hydroxyl groups is 2. The summed E-state index contributed by atoms with van der Waals surface area (Å²) in [6.45, 7) is 6.46. The molecule has 2 amide bonds. The van der Waals surface area contributed by atoms with Gasteiger partial charge in [-0.2, -0.15) is 0 Å². The van der Waals surface area contributed by atoms with Gasteiger partial charge in [-0.1, -0.05) is 76.3 Å². The molecule has 1 unspecified atom stereocenters. The van der Waals surface area contributed by atoms with E-state index in [4.69, 9.17) is 12.8 Å². The number of likely N-dealkylation sites (N-methyl/N-ethyl adjacent to an activating group) is 2. The molecule has 1 aromatic carbocycles. The number of amides is 2. The fourth-order valence-corrected chi connectivity index (χ4v) is 7.34. The fourth-order valence-electron chi connectivity index (χ4n) is 5.94. The summed E-state index contributed by atoms with van der Waals surface area (Å²) in [6.07, 6.45) is 13.9. The maximum absolute atomic E-state index is 13.8. The molecule has 0 aliphatic heterocycles. The number of nitrogens with zero attached hydrogens (tertiary/aromatic N) is 2. The molecule has 5 atom stereocenters. The van der Waals surface area contributed by atoms with E-state index in [0.29, 0.717) is 13.0 Å². The molecule has 46 heavy (non-hydrogen) atoms. The molecule has 0 spiro atoms. The van der Waals surface area contributed by atoms with Crippen LogP contribution in [0.3, 0.4) is 0 Å². The Labute approximate surface area is 276 Å². The van der Waals surface area contributed by atoms with Gasteiger partial charge in [-0.3, -0.25) is 9.59 Å². The largest absolute Gasteiger partial charge is 0.389 e. The molecular weight excluding hydrogens is 604 g/mol. The predicted molar refractivity (Wildman–Crippen MR) is 182 cm³/mol. The monoisotopic (exact) mass is 658 g/mol. The van der Waals surface area contributed by atoms with Crippen molar-refractivity contribution in [2.24, 2.45) is 11.8 Å². The smallest absolute Gasteiger partial charge is 0.243 e. The third-order valence-electron chi connectivity index (χ3n) is 8.94. The number of hydrogen-bond acceptors (Lipinski definition) is 7. The van der Waals surface area contributed by atoms with Crippen molar-refractivity contribution >= 4 is 21.8 Å². The number of carbonyl (C=O) groups excluding carboxylic acids is 2. The minimum Gasteiger partial charge on any atom is -0.389 e. The van der Waals surface area contributed by atoms with Gasteiger partial charge in [0.15, 0.2) is 0 Å². The van der Waals surface area contributed by atoms with E-state index in [1.165, 1.54) is 11.4 Å². The van der Waals surface area contributed by atoms with Gasteiger partial charge in [0.25, 0.3) is 0 Å². The molecule has 2 rings (SSSR count). The Balaban J connectivity index is 2.26. The second-order valence-electron chi connectivity index (χ2n) is 12.3. The van der Waals surface area contributed by atoms with E-state index in [2.05, 4.69) is 27.4 Å². The van der Waals surface area contributed by atoms with Crippen molar-refractivity contribution in [2.45, 2.75) is 95.9 Å². The SMILES string of the molecule is C#CC[C@H](NC(=O)C(Cc1ccccc1)CS(=O)(=O)N(C)CCN(CC)CC)C(=O)N[C@@H](CC1CCCCC1)[C@@H](O)[C@@H](O)CC#C. The minimum atomic E-state index is -3.84. The Bertz CT molecular complexity index is 1250. The molecule has 10 nitrogen and oxygen atoms in total. The van der Waals surface area contributed by atoms with Crippen LogP contribution in [0, 0.1) is 36.5 Å². The number of nitrogens with one attached hydrogen (secondary N) is 2. The second-order valence-corrected chi connectivity index (χ2v) is 14.4. The average molecular weight is 659 g/mol. The number of terminal acetylenes is 2. The Hall–Kier alpha value is -2.93. The molecule has 1 aromatic rings. The van der Waals surface area contributed by atoms with Crippen molar-refractivity contribution in [1.82, 2.24) is 19.8 Å². The highest BCUT2D eigenvalue weighted by atomic mass is 32.2. The summed E-state index contributed by atoms with van der Waals surface area (Å²) in [5, 5.41) is 27.0. The maximum Gasteiger partial charge on any atom is 0.243 e. The summed E-state index contributed by atoms with van der Waals surface area (Å²) in [5.41, 5.74) is 0.778. The molecule has 0 radical (unpaired) electrons. The molecule has 1 aliphatic carbocycles. The van der Waals surface area contributed by atoms with Crippen LogP contribution >= 0.6 is 0 Å². The van der Waals surface area contributed by atoms with Crippen LogP contribution in [0.4, 0.5) is 0 Å². The summed E-state index contributed by atoms with van der Waals surface area (Å²) in [5.74, 6) is 2.35. The van der Waals surface area contributed by atoms with Crippen LogP contribution in [-0.4, -0.2) is 103 Å². The Morgan fingerprint density at radius 1 is 0.957 bits per heavy atom. The summed E-state index contributed by atoms with van der Waals surface area (Å²) in [7, 11) is -2.33. The summed E-state index contributed by atoms with van der Waals surface area (Å²) >= 11 is 0. The first kappa shape index (κ1) is 39.2. The van der Waals surface area contributed by atoms with E-state index >= 15 is 0 Å². The number of sulfonamides is 1. The quantitative estimate of drug-likeness (QED) is 0.158. The highest BCUT2D eigenvalue weighted by molar-refractivity contribution is 7.89. The summed E-state index contributed by atoms with van der Waals surface area (Å²) in [4.78, 5) is 29.5. The first-order chi connectivity index (χ1) is 21.9. The van der Waals surface area contributed by atoms with Crippen molar-refractivity contribution in [3.63, 3.8) is 0 Å². The van der Waals surface area contributed by atoms with Crippen LogP contribution in [0.15, 0.2) is 30.3 Å². The lowest BCUT2D eigenvalue weighted by molar-refractivity contribution is -0.132. The lowest BCUT2D eigenvalue weighted by atomic mass is 9.82. The lowest BCUT2D eigenvalue weighted by Gasteiger charge is -2.33. The van der Waals surface area contributed by atoms with Crippen LogP contribution in [0.1, 0.15) is 70.8 Å². The molecule has 1 aliphatic rings. The molecule has 4 N–H and O–H groups in total. The predicted octanol–water partition coefficient (Wildman–Crippen LogP) is 2.16. The van der Waals surface area contributed by atoms with Crippen molar-refractivity contribution in [1.29, 1.82) is 0 Å². The van der Waals surface area contributed by atoms with Crippen LogP contribution in [-0.2, 0) is 26.0 Å². The summed E-state index contributed by atoms with van der Waals surface area (Å²) in [6, 6.07) is 7.12. The first-order valence-electron chi connectivity index (χ1n) is 16.5. The molecule has 1 fully saturated rings. The van der Waals surface area contributed by atoms with Crippen molar-refractivity contribution < 1.29 is 28.2 Å². The topological polar surface area (TPSA) is 139 Å². The Kier molecular flexibility index (Phi) is 17.4. The van der Waals surface area contributed by atoms with Crippen LogP contribution in [0.2, 0.25) is 0 Å². The highest BCUT2D eigenvalue weighted by Crippen LogP contribution is 2.28. The van der Waals surface area contributed by atoms with Gasteiger partial charge in [0.2, 0.25) is 21.8 Å². The third kappa shape index (κ3) is 13.1. The Morgan fingerprint density at radius 2 is 1.59 bits per heavy atom. The molecule has 0 aromatic heterocycles. The standard InChI is InChI=1S/C35H54N4O6S/c1-6-16-30(35(43)37-31(33(41)32(40)17-7-2)25-28-20-14-11-15-21-28)36-34(42)29(24-27-18-12-10-13-19-27)26-46(44,45)38(5)22-23-39(8-3)9-4/h1-2,10,12-13,18-19,28-33,40-41H,8-9,11,14-17,20-26H2,3-5H3,(H,36,42)(H,37,43)/t29?,30-,31-,32-,33+/m0/s1. The molecule has 0 bridgehead atoms. The van der Waals surface area contributed by atoms with Gasteiger partial charge < -0.3 is 25.7 Å². The molecule has 11 heteroatoms. The molecule has 1 saturated carbocycles. The van der Waals surface area contributed by atoms with Crippen LogP contribution in [0.5, 0.6) is 0 Å². The van der Waals surface area contributed by atoms with Gasteiger partial charge in [-0.05, 0) is 37.4 Å². The normalized spacial score (nSPS) is 17.3. The molecule has 0 saturated heterocycles. The van der Waals surface area contributed by atoms with Gasteiger partial charge >= 0.3 is 0 Å². The number of rotatable bonds is 20. The number of benzene rings is 1. The van der Waals surface area contributed by atoms with E-state index in [1.54, 1.807) is 0 Å².